The number of guanidine groups is 1. The number of rotatable bonds is 32. The number of aromatic nitrogens is 6. The fraction of sp³-hybridized carbons (Fsp3) is 0.258. The first-order valence-electron chi connectivity index (χ1n) is 31.3. The van der Waals surface area contributed by atoms with Crippen molar-refractivity contribution in [2.45, 2.75) is 75.2 Å². The maximum atomic E-state index is 14.0. The second-order valence-electron chi connectivity index (χ2n) is 23.3. The molecule has 1 aliphatic rings. The lowest BCUT2D eigenvalue weighted by atomic mass is 9.95. The summed E-state index contributed by atoms with van der Waals surface area (Å²) >= 11 is 6.41. The van der Waals surface area contributed by atoms with E-state index >= 15 is 0 Å². The third-order valence-electron chi connectivity index (χ3n) is 16.2. The quantitative estimate of drug-likeness (QED) is 0.00676. The zero-order chi connectivity index (χ0) is 72.0. The minimum absolute atomic E-state index is 0.0128. The van der Waals surface area contributed by atoms with Gasteiger partial charge in [-0.05, 0) is 103 Å². The van der Waals surface area contributed by atoms with Crippen molar-refractivity contribution >= 4 is 171 Å². The van der Waals surface area contributed by atoms with E-state index in [0.717, 1.165) is 32.5 Å². The second-order valence-corrected chi connectivity index (χ2v) is 26.2. The fourth-order valence-electron chi connectivity index (χ4n) is 11.2. The first kappa shape index (κ1) is 72.0. The van der Waals surface area contributed by atoms with Gasteiger partial charge in [0, 0.05) is 112 Å². The molecule has 32 nitrogen and oxygen atoms in total. The number of aldehydes is 1. The molecule has 4 aromatic heterocycles. The number of hydrogen-bond donors (Lipinski definition) is 17. The summed E-state index contributed by atoms with van der Waals surface area (Å²) < 4.78 is 0. The van der Waals surface area contributed by atoms with Crippen LogP contribution in [0, 0.1) is 5.41 Å². The molecule has 0 spiro atoms. The van der Waals surface area contributed by atoms with Crippen LogP contribution in [0.3, 0.4) is 0 Å². The van der Waals surface area contributed by atoms with E-state index in [4.69, 9.17) is 28.5 Å². The lowest BCUT2D eigenvalue weighted by molar-refractivity contribution is -0.142. The van der Waals surface area contributed by atoms with Gasteiger partial charge in [-0.15, -0.1) is 11.6 Å². The van der Waals surface area contributed by atoms with Crippen molar-refractivity contribution in [1.29, 1.82) is 5.41 Å². The molecule has 2 unspecified atom stereocenters. The molecule has 0 bridgehead atoms. The van der Waals surface area contributed by atoms with Crippen LogP contribution in [0.5, 0.6) is 5.75 Å². The summed E-state index contributed by atoms with van der Waals surface area (Å²) in [6.07, 6.45) is 0.126. The number of anilines is 5. The van der Waals surface area contributed by atoms with E-state index in [-0.39, 0.29) is 108 Å². The number of aliphatic carboxylic acids is 2. The number of phenolic OH excluding ortho intramolecular Hbond substituents is 1. The van der Waals surface area contributed by atoms with Gasteiger partial charge in [-0.25, -0.2) is 19.6 Å². The number of carboxylic acids is 2. The Labute approximate surface area is 585 Å². The molecule has 9 aromatic rings. The van der Waals surface area contributed by atoms with E-state index in [1.165, 1.54) is 30.5 Å². The third-order valence-corrected chi connectivity index (χ3v) is 18.9. The van der Waals surface area contributed by atoms with Crippen molar-refractivity contribution in [3.05, 3.63) is 148 Å². The molecule has 10 rings (SSSR count). The number of hydrogen-bond acceptors (Lipinski definition) is 20. The van der Waals surface area contributed by atoms with Crippen LogP contribution in [0.25, 0.3) is 43.7 Å². The number of aromatic hydroxyl groups is 1. The summed E-state index contributed by atoms with van der Waals surface area (Å²) in [6.45, 7) is 0.513. The van der Waals surface area contributed by atoms with Crippen molar-refractivity contribution in [3.63, 3.8) is 0 Å². The van der Waals surface area contributed by atoms with Crippen LogP contribution in [0.4, 0.5) is 28.7 Å². The van der Waals surface area contributed by atoms with Crippen LogP contribution < -0.4 is 64.5 Å². The van der Waals surface area contributed by atoms with Gasteiger partial charge in [-0.2, -0.15) is 4.98 Å². The standard InChI is InChI=1S/C66H67ClN18O14S2/c67-27-35-30-85(50-26-51(87)40-4-1-2-5-41(40)54(35)50)62(95)48-25-34-23-38(12-14-43(34)78-48)76-60(93)47-24-33-22-37(11-13-42(33)77-47)74-53(89)18-21-100-101-31-49(64(98)99)82-59(92)45(17-20-86)80-58(91)44(6-3-19-71-65(68)69)79-52(88)16-15-46(63(96)97)81-57(90)32-7-9-36(10-8-32)72-28-39-29-73-56-55(75-39)61(94)84-66(70)83-56/h1-2,4-5,7-14,20,22-26,29,35,44-46,49,72,77-78,87H,3,6,15-19,21,27-28,30-31H2,(H,74,89)(H,76,93)(H,79,88)(H,80,91)(H,81,90)(H,82,92)(H,96,97)(H,98,99)(H4,68,69,71)(H3,70,73,83,84,94)/t35?,44-,45-,46-,49?/m1/s1. The molecule has 35 heteroatoms. The van der Waals surface area contributed by atoms with Crippen molar-refractivity contribution in [1.82, 2.24) is 56.5 Å². The smallest absolute Gasteiger partial charge is 0.327 e. The summed E-state index contributed by atoms with van der Waals surface area (Å²) in [6, 6.07) is 22.3. The molecular formula is C66H67ClN18O14S2. The maximum Gasteiger partial charge on any atom is 0.327 e. The van der Waals surface area contributed by atoms with E-state index in [2.05, 4.69) is 72.4 Å². The van der Waals surface area contributed by atoms with Crippen LogP contribution in [0.2, 0.25) is 0 Å². The Morgan fingerprint density at radius 2 is 1.39 bits per heavy atom. The van der Waals surface area contributed by atoms with Crippen molar-refractivity contribution in [3.8, 4) is 5.75 Å². The number of H-pyrrole nitrogens is 3. The summed E-state index contributed by atoms with van der Waals surface area (Å²) in [5.41, 5.74) is 15.6. The molecule has 5 heterocycles. The highest BCUT2D eigenvalue weighted by Gasteiger charge is 2.36. The normalized spacial score (nSPS) is 13.7. The number of halogens is 1. The number of alkyl halides is 1. The first-order valence-corrected chi connectivity index (χ1v) is 34.3. The molecule has 0 aliphatic carbocycles. The number of phenols is 1. The Bertz CT molecular complexity index is 4780. The predicted octanol–water partition coefficient (Wildman–Crippen LogP) is 4.73. The molecule has 0 saturated carbocycles. The molecule has 5 aromatic carbocycles. The fourth-order valence-corrected chi connectivity index (χ4v) is 13.6. The molecule has 0 saturated heterocycles. The Hall–Kier alpha value is -11.8. The number of benzene rings is 5. The zero-order valence-electron chi connectivity index (χ0n) is 53.3. The van der Waals surface area contributed by atoms with E-state index < -0.39 is 90.5 Å². The number of carbonyl (C=O) groups excluding carboxylic acids is 8. The maximum absolute atomic E-state index is 14.0. The summed E-state index contributed by atoms with van der Waals surface area (Å²) in [4.78, 5) is 166. The minimum atomic E-state index is -1.62. The summed E-state index contributed by atoms with van der Waals surface area (Å²) in [7, 11) is 2.17. The molecule has 0 fully saturated rings. The van der Waals surface area contributed by atoms with Gasteiger partial charge in [-0.1, -0.05) is 45.9 Å². The van der Waals surface area contributed by atoms with Gasteiger partial charge in [0.05, 0.1) is 24.1 Å². The highest BCUT2D eigenvalue weighted by atomic mass is 35.5. The van der Waals surface area contributed by atoms with Gasteiger partial charge in [0.15, 0.2) is 17.1 Å². The van der Waals surface area contributed by atoms with E-state index in [1.807, 2.05) is 24.3 Å². The predicted molar refractivity (Wildman–Crippen MR) is 381 cm³/mol. The van der Waals surface area contributed by atoms with Crippen LogP contribution in [0.15, 0.2) is 114 Å². The number of carboxylic acid groups (broad SMARTS) is 2. The summed E-state index contributed by atoms with van der Waals surface area (Å²) in [5, 5.41) is 62.0. The average molecular weight is 1440 g/mol. The highest BCUT2D eigenvalue weighted by Crippen LogP contribution is 2.46. The number of amides is 7. The lowest BCUT2D eigenvalue weighted by Crippen LogP contribution is -2.56. The van der Waals surface area contributed by atoms with Gasteiger partial charge in [0.25, 0.3) is 23.3 Å². The SMILES string of the molecule is N=C(N)NCCC[C@@H](NC(=O)CC[C@@H](NC(=O)c1ccc(NCc2cnc3nc(N)[nH]c(=O)c3n2)cc1)C(=O)O)C(=O)N[C@H](CC=O)C(=O)NC(CSSCCC(=O)Nc1ccc2[nH]c(C(=O)Nc3ccc4[nH]c(C(=O)N5CC(CCl)c6c5cc(O)c5ccccc65)cc4c3)cc2c1)C(=O)O. The number of nitrogens with two attached hydrogens (primary N) is 2. The molecule has 7 amide bonds. The monoisotopic (exact) mass is 1430 g/mol. The van der Waals surface area contributed by atoms with Crippen LogP contribution in [-0.4, -0.2) is 165 Å². The van der Waals surface area contributed by atoms with Crippen LogP contribution in [0.1, 0.15) is 87.0 Å². The summed E-state index contributed by atoms with van der Waals surface area (Å²) in [5.74, 6) is -8.04. The van der Waals surface area contributed by atoms with Crippen LogP contribution >= 0.6 is 33.2 Å². The average Bonchev–Trinajstić information content (AvgIpc) is 1.61. The molecule has 5 atom stereocenters. The number of aromatic amines is 3. The second kappa shape index (κ2) is 32.7. The Morgan fingerprint density at radius 3 is 2.08 bits per heavy atom. The zero-order valence-corrected chi connectivity index (χ0v) is 55.7. The van der Waals surface area contributed by atoms with Gasteiger partial charge in [0.2, 0.25) is 29.6 Å². The van der Waals surface area contributed by atoms with E-state index in [9.17, 15) is 68.1 Å². The van der Waals surface area contributed by atoms with Crippen molar-refractivity contribution in [2.24, 2.45) is 5.73 Å². The molecule has 0 radical (unpaired) electrons. The van der Waals surface area contributed by atoms with Gasteiger partial charge < -0.3 is 89.0 Å². The largest absolute Gasteiger partial charge is 0.507 e. The number of nitrogens with zero attached hydrogens (tertiary/aromatic N) is 4. The Balaban J connectivity index is 0.660. The van der Waals surface area contributed by atoms with Gasteiger partial charge in [0.1, 0.15) is 47.6 Å². The van der Waals surface area contributed by atoms with Crippen molar-refractivity contribution < 1.29 is 63.3 Å². The van der Waals surface area contributed by atoms with Gasteiger partial charge in [-0.3, -0.25) is 48.7 Å². The lowest BCUT2D eigenvalue weighted by Gasteiger charge is -2.24. The minimum Gasteiger partial charge on any atom is -0.507 e. The van der Waals surface area contributed by atoms with E-state index in [0.29, 0.717) is 74.2 Å². The third kappa shape index (κ3) is 18.1. The number of carbonyl (C=O) groups is 10. The Kier molecular flexibility index (Phi) is 23.3. The molecule has 1 aliphatic heterocycles. The number of fused-ring (bicyclic) bond motifs is 6. The molecule has 101 heavy (non-hydrogen) atoms. The van der Waals surface area contributed by atoms with Crippen LogP contribution in [-0.2, 0) is 40.1 Å². The number of nitrogen functional groups attached to an aromatic ring is 1. The van der Waals surface area contributed by atoms with Crippen molar-refractivity contribution in [2.75, 3.05) is 57.1 Å². The topological polar surface area (TPSA) is 510 Å². The molecule has 19 N–H and O–H groups in total. The first-order chi connectivity index (χ1) is 48.5. The van der Waals surface area contributed by atoms with E-state index in [1.54, 1.807) is 59.5 Å². The Morgan fingerprint density at radius 1 is 0.723 bits per heavy atom. The highest BCUT2D eigenvalue weighted by molar-refractivity contribution is 8.76. The molecule has 524 valence electrons. The molecular weight excluding hydrogens is 1370 g/mol. The van der Waals surface area contributed by atoms with Gasteiger partial charge >= 0.3 is 11.9 Å². The number of nitrogens with one attached hydrogen (secondary N) is 12.